The van der Waals surface area contributed by atoms with Gasteiger partial charge in [-0.15, -0.1) is 0 Å². The van der Waals surface area contributed by atoms with Crippen molar-refractivity contribution in [2.24, 2.45) is 5.73 Å². The van der Waals surface area contributed by atoms with Crippen molar-refractivity contribution in [2.45, 2.75) is 37.7 Å². The zero-order valence-electron chi connectivity index (χ0n) is 10.7. The van der Waals surface area contributed by atoms with E-state index in [0.29, 0.717) is 24.1 Å². The number of benzene rings is 1. The Morgan fingerprint density at radius 2 is 1.79 bits per heavy atom. The van der Waals surface area contributed by atoms with Crippen molar-refractivity contribution in [2.75, 3.05) is 5.32 Å². The lowest BCUT2D eigenvalue weighted by Crippen LogP contribution is -2.30. The van der Waals surface area contributed by atoms with Crippen molar-refractivity contribution in [3.8, 4) is 0 Å². The zero-order chi connectivity index (χ0) is 13.9. The topological polar surface area (TPSA) is 92.4 Å². The minimum atomic E-state index is -0.850. The summed E-state index contributed by atoms with van der Waals surface area (Å²) in [6.07, 6.45) is 3.42. The number of hydrogen-bond acceptors (Lipinski definition) is 3. The zero-order valence-corrected chi connectivity index (χ0v) is 10.7. The van der Waals surface area contributed by atoms with Gasteiger partial charge < -0.3 is 16.2 Å². The lowest BCUT2D eigenvalue weighted by molar-refractivity contribution is -0.120. The minimum Gasteiger partial charge on any atom is -0.389 e. The Morgan fingerprint density at radius 3 is 2.32 bits per heavy atom. The highest BCUT2D eigenvalue weighted by atomic mass is 16.3. The molecule has 19 heavy (non-hydrogen) atoms. The molecule has 102 valence electrons. The van der Waals surface area contributed by atoms with Gasteiger partial charge >= 0.3 is 0 Å². The molecule has 0 saturated heterocycles. The van der Waals surface area contributed by atoms with E-state index < -0.39 is 11.5 Å². The van der Waals surface area contributed by atoms with Crippen molar-refractivity contribution in [3.63, 3.8) is 0 Å². The number of carbonyl (C=O) groups is 2. The average molecular weight is 262 g/mol. The third-order valence-electron chi connectivity index (χ3n) is 3.48. The summed E-state index contributed by atoms with van der Waals surface area (Å²) in [5, 5.41) is 12.8. The SMILES string of the molecule is NC(=O)c1ccc(NC(=O)CC2(O)CCCC2)cc1. The Kier molecular flexibility index (Phi) is 3.85. The second-order valence-corrected chi connectivity index (χ2v) is 5.10. The maximum atomic E-state index is 11.8. The third-order valence-corrected chi connectivity index (χ3v) is 3.48. The van der Waals surface area contributed by atoms with E-state index in [9.17, 15) is 14.7 Å². The van der Waals surface area contributed by atoms with Crippen molar-refractivity contribution in [1.82, 2.24) is 0 Å². The smallest absolute Gasteiger partial charge is 0.248 e. The number of primary amides is 1. The quantitative estimate of drug-likeness (QED) is 0.766. The van der Waals surface area contributed by atoms with Gasteiger partial charge in [0.2, 0.25) is 11.8 Å². The van der Waals surface area contributed by atoms with Crippen LogP contribution in [0.4, 0.5) is 5.69 Å². The molecule has 2 rings (SSSR count). The van der Waals surface area contributed by atoms with Crippen LogP contribution in [-0.4, -0.2) is 22.5 Å². The molecule has 0 aromatic heterocycles. The van der Waals surface area contributed by atoms with E-state index >= 15 is 0 Å². The molecule has 1 aromatic carbocycles. The number of anilines is 1. The predicted octanol–water partition coefficient (Wildman–Crippen LogP) is 1.42. The Bertz CT molecular complexity index is 476. The summed E-state index contributed by atoms with van der Waals surface area (Å²) in [5.74, 6) is -0.714. The van der Waals surface area contributed by atoms with Gasteiger partial charge in [0, 0.05) is 11.3 Å². The van der Waals surface area contributed by atoms with E-state index in [2.05, 4.69) is 5.32 Å². The van der Waals surface area contributed by atoms with Gasteiger partial charge in [0.15, 0.2) is 0 Å². The lowest BCUT2D eigenvalue weighted by atomic mass is 9.97. The standard InChI is InChI=1S/C14H18N2O3/c15-13(18)10-3-5-11(6-4-10)16-12(17)9-14(19)7-1-2-8-14/h3-6,19H,1-2,7-9H2,(H2,15,18)(H,16,17). The van der Waals surface area contributed by atoms with E-state index in [1.807, 2.05) is 0 Å². The van der Waals surface area contributed by atoms with Crippen molar-refractivity contribution in [1.29, 1.82) is 0 Å². The summed E-state index contributed by atoms with van der Waals surface area (Å²) >= 11 is 0. The molecular weight excluding hydrogens is 244 g/mol. The summed E-state index contributed by atoms with van der Waals surface area (Å²) in [6.45, 7) is 0. The van der Waals surface area contributed by atoms with Crippen LogP contribution in [0, 0.1) is 0 Å². The van der Waals surface area contributed by atoms with Crippen molar-refractivity contribution in [3.05, 3.63) is 29.8 Å². The van der Waals surface area contributed by atoms with E-state index in [1.165, 1.54) is 0 Å². The number of hydrogen-bond donors (Lipinski definition) is 3. The first-order valence-electron chi connectivity index (χ1n) is 6.41. The van der Waals surface area contributed by atoms with Crippen LogP contribution in [0.15, 0.2) is 24.3 Å². The van der Waals surface area contributed by atoms with Crippen LogP contribution in [0.2, 0.25) is 0 Å². The largest absolute Gasteiger partial charge is 0.389 e. The molecule has 0 aliphatic heterocycles. The minimum absolute atomic E-state index is 0.116. The highest BCUT2D eigenvalue weighted by molar-refractivity contribution is 5.95. The van der Waals surface area contributed by atoms with Gasteiger partial charge in [-0.05, 0) is 37.1 Å². The first kappa shape index (κ1) is 13.5. The molecule has 0 spiro atoms. The van der Waals surface area contributed by atoms with E-state index in [1.54, 1.807) is 24.3 Å². The van der Waals surface area contributed by atoms with Crippen LogP contribution >= 0.6 is 0 Å². The first-order valence-corrected chi connectivity index (χ1v) is 6.41. The first-order chi connectivity index (χ1) is 8.98. The molecule has 2 amide bonds. The Balaban J connectivity index is 1.93. The fourth-order valence-corrected chi connectivity index (χ4v) is 2.43. The highest BCUT2D eigenvalue weighted by Crippen LogP contribution is 2.32. The van der Waals surface area contributed by atoms with Crippen LogP contribution in [0.1, 0.15) is 42.5 Å². The molecular formula is C14H18N2O3. The Morgan fingerprint density at radius 1 is 1.21 bits per heavy atom. The predicted molar refractivity (Wildman–Crippen MR) is 71.6 cm³/mol. The van der Waals surface area contributed by atoms with Crippen LogP contribution in [0.5, 0.6) is 0 Å². The second-order valence-electron chi connectivity index (χ2n) is 5.10. The van der Waals surface area contributed by atoms with E-state index in [-0.39, 0.29) is 12.3 Å². The average Bonchev–Trinajstić information content (AvgIpc) is 2.76. The summed E-state index contributed by atoms with van der Waals surface area (Å²) < 4.78 is 0. The van der Waals surface area contributed by atoms with Crippen LogP contribution < -0.4 is 11.1 Å². The molecule has 1 saturated carbocycles. The fourth-order valence-electron chi connectivity index (χ4n) is 2.43. The number of nitrogens with two attached hydrogens (primary N) is 1. The molecule has 0 bridgehead atoms. The molecule has 4 N–H and O–H groups in total. The molecule has 0 radical (unpaired) electrons. The van der Waals surface area contributed by atoms with E-state index in [4.69, 9.17) is 5.73 Å². The van der Waals surface area contributed by atoms with Crippen LogP contribution in [0.25, 0.3) is 0 Å². The van der Waals surface area contributed by atoms with Gasteiger partial charge in [0.25, 0.3) is 0 Å². The highest BCUT2D eigenvalue weighted by Gasteiger charge is 2.33. The van der Waals surface area contributed by atoms with Crippen molar-refractivity contribution >= 4 is 17.5 Å². The Labute approximate surface area is 111 Å². The maximum absolute atomic E-state index is 11.8. The van der Waals surface area contributed by atoms with Gasteiger partial charge in [-0.1, -0.05) is 12.8 Å². The molecule has 1 aliphatic carbocycles. The third kappa shape index (κ3) is 3.54. The molecule has 1 aliphatic rings. The second kappa shape index (κ2) is 5.40. The number of aliphatic hydroxyl groups is 1. The molecule has 0 heterocycles. The maximum Gasteiger partial charge on any atom is 0.248 e. The van der Waals surface area contributed by atoms with Crippen molar-refractivity contribution < 1.29 is 14.7 Å². The van der Waals surface area contributed by atoms with Gasteiger partial charge in [0.1, 0.15) is 0 Å². The molecule has 0 atom stereocenters. The number of nitrogens with one attached hydrogen (secondary N) is 1. The number of amides is 2. The lowest BCUT2D eigenvalue weighted by Gasteiger charge is -2.21. The van der Waals surface area contributed by atoms with E-state index in [0.717, 1.165) is 12.8 Å². The van der Waals surface area contributed by atoms with Gasteiger partial charge in [-0.3, -0.25) is 9.59 Å². The molecule has 5 nitrogen and oxygen atoms in total. The Hall–Kier alpha value is -1.88. The van der Waals surface area contributed by atoms with Gasteiger partial charge in [0.05, 0.1) is 12.0 Å². The number of rotatable bonds is 4. The summed E-state index contributed by atoms with van der Waals surface area (Å²) in [7, 11) is 0. The molecule has 1 fully saturated rings. The molecule has 5 heteroatoms. The molecule has 0 unspecified atom stereocenters. The normalized spacial score (nSPS) is 17.1. The summed E-state index contributed by atoms with van der Waals surface area (Å²) in [6, 6.07) is 6.36. The number of carbonyl (C=O) groups excluding carboxylic acids is 2. The van der Waals surface area contributed by atoms with Gasteiger partial charge in [-0.25, -0.2) is 0 Å². The fraction of sp³-hybridized carbons (Fsp3) is 0.429. The summed E-state index contributed by atoms with van der Waals surface area (Å²) in [4.78, 5) is 22.7. The summed E-state index contributed by atoms with van der Waals surface area (Å²) in [5.41, 5.74) is 5.27. The molecule has 1 aromatic rings. The van der Waals surface area contributed by atoms with Gasteiger partial charge in [-0.2, -0.15) is 0 Å². The monoisotopic (exact) mass is 262 g/mol. The van der Waals surface area contributed by atoms with Crippen LogP contribution in [0.3, 0.4) is 0 Å². The van der Waals surface area contributed by atoms with Crippen LogP contribution in [-0.2, 0) is 4.79 Å².